The van der Waals surface area contributed by atoms with E-state index in [1.165, 1.54) is 10.6 Å². The van der Waals surface area contributed by atoms with E-state index >= 15 is 0 Å². The van der Waals surface area contributed by atoms with Gasteiger partial charge in [0.1, 0.15) is 5.82 Å². The second-order valence-corrected chi connectivity index (χ2v) is 8.33. The first-order valence-corrected chi connectivity index (χ1v) is 9.26. The van der Waals surface area contributed by atoms with Crippen molar-refractivity contribution in [2.45, 2.75) is 44.2 Å². The minimum absolute atomic E-state index is 0.115. The number of rotatable bonds is 4. The molecule has 7 nitrogen and oxygen atoms in total. The Hall–Kier alpha value is -1.67. The summed E-state index contributed by atoms with van der Waals surface area (Å²) in [6, 6.07) is 0.314. The average Bonchev–Trinajstić information content (AvgIpc) is 3.16. The van der Waals surface area contributed by atoms with E-state index in [2.05, 4.69) is 28.4 Å². The Kier molecular flexibility index (Phi) is 4.05. The molecule has 1 aliphatic rings. The number of sulfonamides is 1. The van der Waals surface area contributed by atoms with Gasteiger partial charge in [0.15, 0.2) is 5.03 Å². The molecule has 8 heteroatoms. The summed E-state index contributed by atoms with van der Waals surface area (Å²) in [5.41, 5.74) is 1.11. The molecular formula is C15H23N5O2S. The highest BCUT2D eigenvalue weighted by molar-refractivity contribution is 7.89. The Morgan fingerprint density at radius 3 is 2.65 bits per heavy atom. The molecule has 0 N–H and O–H groups in total. The fraction of sp³-hybridized carbons (Fsp3) is 0.600. The van der Waals surface area contributed by atoms with E-state index in [1.54, 1.807) is 17.8 Å². The van der Waals surface area contributed by atoms with E-state index in [-0.39, 0.29) is 10.9 Å². The molecule has 2 aromatic rings. The van der Waals surface area contributed by atoms with Gasteiger partial charge in [0.25, 0.3) is 10.0 Å². The lowest BCUT2D eigenvalue weighted by Crippen LogP contribution is -2.29. The monoisotopic (exact) mass is 337 g/mol. The summed E-state index contributed by atoms with van der Waals surface area (Å²) >= 11 is 0. The zero-order valence-electron chi connectivity index (χ0n) is 14.0. The number of hydrogen-bond acceptors (Lipinski definition) is 4. The smallest absolute Gasteiger partial charge is 0.262 e. The Labute approximate surface area is 137 Å². The van der Waals surface area contributed by atoms with Gasteiger partial charge >= 0.3 is 0 Å². The van der Waals surface area contributed by atoms with Gasteiger partial charge in [0.2, 0.25) is 0 Å². The summed E-state index contributed by atoms with van der Waals surface area (Å²) in [5, 5.41) is 0.115. The Morgan fingerprint density at radius 2 is 2.04 bits per heavy atom. The summed E-state index contributed by atoms with van der Waals surface area (Å²) in [6.45, 7) is 7.24. The molecule has 2 aromatic heterocycles. The number of imidazole rings is 2. The average molecular weight is 337 g/mol. The molecule has 1 atom stereocenters. The topological polar surface area (TPSA) is 73.0 Å². The van der Waals surface area contributed by atoms with Crippen LogP contribution in [0.15, 0.2) is 23.7 Å². The standard InChI is InChI=1S/C15H23N5O2S/c1-11(2)20-12(3)7-16-15(20)13-5-6-19(8-13)23(21,22)14-9-18(4)10-17-14/h7,9-11,13H,5-6,8H2,1-4H3. The largest absolute Gasteiger partial charge is 0.339 e. The van der Waals surface area contributed by atoms with Crippen LogP contribution < -0.4 is 0 Å². The normalized spacial score (nSPS) is 19.8. The Balaban J connectivity index is 1.84. The van der Waals surface area contributed by atoms with Crippen molar-refractivity contribution < 1.29 is 8.42 Å². The highest BCUT2D eigenvalue weighted by Crippen LogP contribution is 2.31. The molecule has 0 aliphatic carbocycles. The van der Waals surface area contributed by atoms with Crippen molar-refractivity contribution in [2.24, 2.45) is 7.05 Å². The van der Waals surface area contributed by atoms with Crippen LogP contribution in [0.1, 0.15) is 43.7 Å². The van der Waals surface area contributed by atoms with Crippen molar-refractivity contribution in [1.82, 2.24) is 23.4 Å². The van der Waals surface area contributed by atoms with E-state index in [9.17, 15) is 8.42 Å². The molecule has 1 aliphatic heterocycles. The maximum atomic E-state index is 12.7. The van der Waals surface area contributed by atoms with Crippen LogP contribution in [0.25, 0.3) is 0 Å². The Morgan fingerprint density at radius 1 is 1.30 bits per heavy atom. The van der Waals surface area contributed by atoms with Gasteiger partial charge < -0.3 is 9.13 Å². The van der Waals surface area contributed by atoms with Crippen LogP contribution in [0, 0.1) is 6.92 Å². The SMILES string of the molecule is Cc1cnc(C2CCN(S(=O)(=O)c3cn(C)cn3)C2)n1C(C)C. The minimum atomic E-state index is -3.52. The molecule has 0 aromatic carbocycles. The molecule has 1 fully saturated rings. The van der Waals surface area contributed by atoms with E-state index in [1.807, 2.05) is 13.1 Å². The third-order valence-corrected chi connectivity index (χ3v) is 6.08. The summed E-state index contributed by atoms with van der Waals surface area (Å²) in [5.74, 6) is 1.11. The van der Waals surface area contributed by atoms with Gasteiger partial charge in [-0.05, 0) is 27.2 Å². The maximum Gasteiger partial charge on any atom is 0.262 e. The van der Waals surface area contributed by atoms with Crippen LogP contribution in [0.2, 0.25) is 0 Å². The van der Waals surface area contributed by atoms with Crippen molar-refractivity contribution in [2.75, 3.05) is 13.1 Å². The van der Waals surface area contributed by atoms with Crippen LogP contribution in [-0.4, -0.2) is 44.9 Å². The van der Waals surface area contributed by atoms with Crippen molar-refractivity contribution in [3.63, 3.8) is 0 Å². The first-order chi connectivity index (χ1) is 10.8. The lowest BCUT2D eigenvalue weighted by Gasteiger charge is -2.18. The molecule has 126 valence electrons. The summed E-state index contributed by atoms with van der Waals surface area (Å²) in [7, 11) is -1.76. The molecule has 3 heterocycles. The second kappa shape index (κ2) is 5.76. The van der Waals surface area contributed by atoms with Gasteiger partial charge in [-0.2, -0.15) is 4.31 Å². The van der Waals surface area contributed by atoms with E-state index in [4.69, 9.17) is 0 Å². The lowest BCUT2D eigenvalue weighted by atomic mass is 10.1. The highest BCUT2D eigenvalue weighted by atomic mass is 32.2. The van der Waals surface area contributed by atoms with Crippen LogP contribution in [0.3, 0.4) is 0 Å². The fourth-order valence-corrected chi connectivity index (χ4v) is 4.72. The second-order valence-electron chi connectivity index (χ2n) is 6.45. The van der Waals surface area contributed by atoms with Crippen LogP contribution in [0.4, 0.5) is 0 Å². The quantitative estimate of drug-likeness (QED) is 0.851. The molecule has 1 unspecified atom stereocenters. The molecule has 0 amide bonds. The zero-order valence-corrected chi connectivity index (χ0v) is 14.8. The first-order valence-electron chi connectivity index (χ1n) is 7.82. The molecule has 1 saturated heterocycles. The molecule has 0 spiro atoms. The van der Waals surface area contributed by atoms with Crippen LogP contribution >= 0.6 is 0 Å². The third kappa shape index (κ3) is 2.81. The van der Waals surface area contributed by atoms with Crippen molar-refractivity contribution in [3.05, 3.63) is 30.2 Å². The molecule has 0 radical (unpaired) electrons. The van der Waals surface area contributed by atoms with Gasteiger partial charge in [-0.3, -0.25) is 0 Å². The van der Waals surface area contributed by atoms with E-state index in [0.29, 0.717) is 19.1 Å². The van der Waals surface area contributed by atoms with Gasteiger partial charge in [-0.15, -0.1) is 0 Å². The van der Waals surface area contributed by atoms with Crippen molar-refractivity contribution in [3.8, 4) is 0 Å². The Bertz CT molecular complexity index is 806. The zero-order chi connectivity index (χ0) is 16.8. The first kappa shape index (κ1) is 16.2. The summed E-state index contributed by atoms with van der Waals surface area (Å²) < 4.78 is 30.7. The molecule has 3 rings (SSSR count). The van der Waals surface area contributed by atoms with Crippen molar-refractivity contribution in [1.29, 1.82) is 0 Å². The third-order valence-electron chi connectivity index (χ3n) is 4.33. The van der Waals surface area contributed by atoms with E-state index < -0.39 is 10.0 Å². The van der Waals surface area contributed by atoms with Gasteiger partial charge in [-0.25, -0.2) is 18.4 Å². The maximum absolute atomic E-state index is 12.7. The number of nitrogens with zero attached hydrogens (tertiary/aromatic N) is 5. The predicted molar refractivity (Wildman–Crippen MR) is 86.7 cm³/mol. The summed E-state index contributed by atoms with van der Waals surface area (Å²) in [6.07, 6.45) is 5.71. The van der Waals surface area contributed by atoms with Crippen LogP contribution in [0.5, 0.6) is 0 Å². The fourth-order valence-electron chi connectivity index (χ4n) is 3.25. The molecular weight excluding hydrogens is 314 g/mol. The molecule has 0 saturated carbocycles. The molecule has 23 heavy (non-hydrogen) atoms. The van der Waals surface area contributed by atoms with E-state index in [0.717, 1.165) is 17.9 Å². The number of hydrogen-bond donors (Lipinski definition) is 0. The van der Waals surface area contributed by atoms with Gasteiger partial charge in [0, 0.05) is 50.2 Å². The minimum Gasteiger partial charge on any atom is -0.339 e. The van der Waals surface area contributed by atoms with Crippen molar-refractivity contribution >= 4 is 10.0 Å². The lowest BCUT2D eigenvalue weighted by molar-refractivity contribution is 0.462. The highest BCUT2D eigenvalue weighted by Gasteiger charge is 2.36. The summed E-state index contributed by atoms with van der Waals surface area (Å²) in [4.78, 5) is 8.53. The number of aromatic nitrogens is 4. The molecule has 0 bridgehead atoms. The van der Waals surface area contributed by atoms with Crippen LogP contribution in [-0.2, 0) is 17.1 Å². The van der Waals surface area contributed by atoms with Gasteiger partial charge in [0.05, 0.1) is 6.33 Å². The number of aryl methyl sites for hydroxylation is 2. The predicted octanol–water partition coefficient (Wildman–Crippen LogP) is 1.68. The van der Waals surface area contributed by atoms with Gasteiger partial charge in [-0.1, -0.05) is 0 Å².